The van der Waals surface area contributed by atoms with Crippen LogP contribution >= 0.6 is 0 Å². The van der Waals surface area contributed by atoms with Crippen LogP contribution in [0.2, 0.25) is 0 Å². The van der Waals surface area contributed by atoms with Gasteiger partial charge in [0.15, 0.2) is 0 Å². The molecule has 2 N–H and O–H groups in total. The Balaban J connectivity index is 2.12. The molecule has 1 aromatic heterocycles. The lowest BCUT2D eigenvalue weighted by atomic mass is 10.1. The van der Waals surface area contributed by atoms with Crippen LogP contribution in [0.5, 0.6) is 5.75 Å². The lowest BCUT2D eigenvalue weighted by Gasteiger charge is -2.13. The fourth-order valence-electron chi connectivity index (χ4n) is 3.33. The monoisotopic (exact) mass is 484 g/mol. The maximum Gasteiger partial charge on any atom is 0.307 e. The Hall–Kier alpha value is -3.63. The van der Waals surface area contributed by atoms with Crippen LogP contribution in [0.15, 0.2) is 60.4 Å². The van der Waals surface area contributed by atoms with Crippen LogP contribution in [0.3, 0.4) is 0 Å². The molecule has 0 aliphatic rings. The summed E-state index contributed by atoms with van der Waals surface area (Å²) in [7, 11) is 0.526. The van der Waals surface area contributed by atoms with Crippen molar-refractivity contribution in [1.82, 2.24) is 18.9 Å². The van der Waals surface area contributed by atoms with Gasteiger partial charge in [0, 0.05) is 37.8 Å². The van der Waals surface area contributed by atoms with Crippen molar-refractivity contribution in [1.29, 1.82) is 0 Å². The van der Waals surface area contributed by atoms with Crippen LogP contribution in [0, 0.1) is 0 Å². The Morgan fingerprint density at radius 3 is 2.44 bits per heavy atom. The molecule has 180 valence electrons. The average Bonchev–Trinajstić information content (AvgIpc) is 3.21. The minimum atomic E-state index is -3.81. The third-order valence-corrected chi connectivity index (χ3v) is 6.82. The molecule has 34 heavy (non-hydrogen) atoms. The second-order valence-electron chi connectivity index (χ2n) is 7.66. The SMILES string of the molecule is CCCNC(=O)/C(=C/c1cn(S(=O)(=O)N(C)C)c2ccccc12)NC(=O)c1ccccc1OC. The van der Waals surface area contributed by atoms with E-state index in [1.54, 1.807) is 48.5 Å². The number of para-hydroxylation sites is 2. The zero-order valence-corrected chi connectivity index (χ0v) is 20.3. The molecule has 3 rings (SSSR count). The molecule has 0 saturated heterocycles. The molecule has 0 aliphatic heterocycles. The van der Waals surface area contributed by atoms with Gasteiger partial charge in [0.2, 0.25) is 0 Å². The van der Waals surface area contributed by atoms with E-state index in [4.69, 9.17) is 4.74 Å². The topological polar surface area (TPSA) is 110 Å². The van der Waals surface area contributed by atoms with Crippen molar-refractivity contribution in [2.75, 3.05) is 27.7 Å². The van der Waals surface area contributed by atoms with Gasteiger partial charge in [-0.15, -0.1) is 0 Å². The van der Waals surface area contributed by atoms with E-state index in [1.807, 2.05) is 6.92 Å². The van der Waals surface area contributed by atoms with Crippen LogP contribution < -0.4 is 15.4 Å². The van der Waals surface area contributed by atoms with Gasteiger partial charge >= 0.3 is 10.2 Å². The molecule has 1 heterocycles. The normalized spacial score (nSPS) is 12.1. The van der Waals surface area contributed by atoms with E-state index in [0.717, 1.165) is 8.28 Å². The number of methoxy groups -OCH3 is 1. The first-order valence-corrected chi connectivity index (χ1v) is 12.1. The molecule has 10 heteroatoms. The van der Waals surface area contributed by atoms with Crippen molar-refractivity contribution >= 4 is 39.0 Å². The van der Waals surface area contributed by atoms with E-state index >= 15 is 0 Å². The second-order valence-corrected chi connectivity index (χ2v) is 9.68. The van der Waals surface area contributed by atoms with E-state index in [2.05, 4.69) is 10.6 Å². The molecule has 0 aliphatic carbocycles. The Bertz CT molecular complexity index is 1340. The summed E-state index contributed by atoms with van der Waals surface area (Å²) in [6, 6.07) is 13.6. The molecule has 0 bridgehead atoms. The minimum Gasteiger partial charge on any atom is -0.496 e. The van der Waals surface area contributed by atoms with Gasteiger partial charge in [-0.25, -0.2) is 3.97 Å². The standard InChI is InChI=1S/C24H28N4O5S/c1-5-14-25-24(30)20(26-23(29)19-11-7-9-13-22(19)33-4)15-17-16-28(34(31,32)27(2)3)21-12-8-6-10-18(17)21/h6-13,15-16H,5,14H2,1-4H3,(H,25,30)(H,26,29)/b20-15-. The Morgan fingerprint density at radius 1 is 1.09 bits per heavy atom. The predicted molar refractivity (Wildman–Crippen MR) is 132 cm³/mol. The highest BCUT2D eigenvalue weighted by Crippen LogP contribution is 2.26. The van der Waals surface area contributed by atoms with Crippen LogP contribution in [0.4, 0.5) is 0 Å². The van der Waals surface area contributed by atoms with Crippen molar-refractivity contribution in [3.05, 3.63) is 71.6 Å². The van der Waals surface area contributed by atoms with Crippen molar-refractivity contribution in [3.8, 4) is 5.75 Å². The number of ether oxygens (including phenoxy) is 1. The molecule has 0 spiro atoms. The van der Waals surface area contributed by atoms with Crippen molar-refractivity contribution in [2.24, 2.45) is 0 Å². The van der Waals surface area contributed by atoms with Gasteiger partial charge in [-0.2, -0.15) is 12.7 Å². The number of carbonyl (C=O) groups excluding carboxylic acids is 2. The first kappa shape index (κ1) is 25.0. The van der Waals surface area contributed by atoms with E-state index < -0.39 is 22.0 Å². The smallest absolute Gasteiger partial charge is 0.307 e. The number of amides is 2. The third kappa shape index (κ3) is 5.13. The minimum absolute atomic E-state index is 0.0190. The molecular formula is C24H28N4O5S. The van der Waals surface area contributed by atoms with Gasteiger partial charge in [0.25, 0.3) is 11.8 Å². The van der Waals surface area contributed by atoms with E-state index in [0.29, 0.717) is 35.2 Å². The van der Waals surface area contributed by atoms with Gasteiger partial charge in [0.1, 0.15) is 11.4 Å². The summed E-state index contributed by atoms with van der Waals surface area (Å²) in [6.45, 7) is 2.33. The molecule has 0 radical (unpaired) electrons. The number of benzene rings is 2. The number of nitrogens with one attached hydrogen (secondary N) is 2. The second kappa shape index (κ2) is 10.5. The van der Waals surface area contributed by atoms with E-state index in [1.165, 1.54) is 33.5 Å². The third-order valence-electron chi connectivity index (χ3n) is 5.10. The van der Waals surface area contributed by atoms with Crippen molar-refractivity contribution in [3.63, 3.8) is 0 Å². The zero-order valence-electron chi connectivity index (χ0n) is 19.5. The summed E-state index contributed by atoms with van der Waals surface area (Å²) in [4.78, 5) is 25.9. The highest BCUT2D eigenvalue weighted by Gasteiger charge is 2.22. The molecule has 0 saturated carbocycles. The summed E-state index contributed by atoms with van der Waals surface area (Å²) < 4.78 is 33.2. The molecule has 3 aromatic rings. The summed E-state index contributed by atoms with van der Waals surface area (Å²) in [5.74, 6) is -0.653. The van der Waals surface area contributed by atoms with Gasteiger partial charge in [-0.1, -0.05) is 37.3 Å². The van der Waals surface area contributed by atoms with Crippen molar-refractivity contribution < 1.29 is 22.7 Å². The average molecular weight is 485 g/mol. The number of hydrogen-bond donors (Lipinski definition) is 2. The Kier molecular flexibility index (Phi) is 7.75. The number of aromatic nitrogens is 1. The largest absolute Gasteiger partial charge is 0.496 e. The van der Waals surface area contributed by atoms with Crippen LogP contribution in [0.25, 0.3) is 17.0 Å². The summed E-state index contributed by atoms with van der Waals surface area (Å²) in [6.07, 6.45) is 3.62. The maximum atomic E-state index is 13.0. The lowest BCUT2D eigenvalue weighted by Crippen LogP contribution is -2.35. The Labute approximate surface area is 199 Å². The van der Waals surface area contributed by atoms with Gasteiger partial charge in [-0.05, 0) is 30.7 Å². The predicted octanol–water partition coefficient (Wildman–Crippen LogP) is 2.60. The lowest BCUT2D eigenvalue weighted by molar-refractivity contribution is -0.117. The fourth-order valence-corrected chi connectivity index (χ4v) is 4.33. The summed E-state index contributed by atoms with van der Waals surface area (Å²) in [5.41, 5.74) is 1.15. The summed E-state index contributed by atoms with van der Waals surface area (Å²) >= 11 is 0. The highest BCUT2D eigenvalue weighted by molar-refractivity contribution is 7.87. The van der Waals surface area contributed by atoms with Gasteiger partial charge in [-0.3, -0.25) is 9.59 Å². The molecule has 9 nitrogen and oxygen atoms in total. The quantitative estimate of drug-likeness (QED) is 0.454. The van der Waals surface area contributed by atoms with Crippen LogP contribution in [0.1, 0.15) is 29.3 Å². The molecule has 0 fully saturated rings. The number of carbonyl (C=O) groups is 2. The van der Waals surface area contributed by atoms with Crippen LogP contribution in [-0.4, -0.2) is 56.3 Å². The molecule has 2 aromatic carbocycles. The number of fused-ring (bicyclic) bond motifs is 1. The number of nitrogens with zero attached hydrogens (tertiary/aromatic N) is 2. The number of hydrogen-bond acceptors (Lipinski definition) is 5. The summed E-state index contributed by atoms with van der Waals surface area (Å²) in [5, 5.41) is 6.03. The molecule has 0 unspecified atom stereocenters. The van der Waals surface area contributed by atoms with E-state index in [9.17, 15) is 18.0 Å². The maximum absolute atomic E-state index is 13.0. The number of rotatable bonds is 9. The first-order chi connectivity index (χ1) is 16.2. The molecule has 2 amide bonds. The first-order valence-electron chi connectivity index (χ1n) is 10.7. The van der Waals surface area contributed by atoms with Gasteiger partial charge in [0.05, 0.1) is 18.2 Å². The fraction of sp³-hybridized carbons (Fsp3) is 0.250. The zero-order chi connectivity index (χ0) is 24.9. The van der Waals surface area contributed by atoms with E-state index in [-0.39, 0.29) is 11.3 Å². The highest BCUT2D eigenvalue weighted by atomic mass is 32.2. The molecular weight excluding hydrogens is 456 g/mol. The van der Waals surface area contributed by atoms with Crippen molar-refractivity contribution in [2.45, 2.75) is 13.3 Å². The molecule has 0 atom stereocenters. The van der Waals surface area contributed by atoms with Crippen LogP contribution in [-0.2, 0) is 15.0 Å². The Morgan fingerprint density at radius 2 is 1.76 bits per heavy atom. The van der Waals surface area contributed by atoms with Gasteiger partial charge < -0.3 is 15.4 Å².